The number of hydrogen-bond donors (Lipinski definition) is 0. The van der Waals surface area contributed by atoms with Crippen molar-refractivity contribution in [3.8, 4) is 0 Å². The molecule has 0 saturated carbocycles. The zero-order chi connectivity index (χ0) is 13.1. The molecule has 2 rings (SSSR count). The van der Waals surface area contributed by atoms with Crippen LogP contribution >= 0.6 is 11.6 Å². The molecule has 92 valence electrons. The van der Waals surface area contributed by atoms with Crippen LogP contribution in [0.25, 0.3) is 0 Å². The molecule has 18 heavy (non-hydrogen) atoms. The van der Waals surface area contributed by atoms with E-state index in [1.165, 1.54) is 48.5 Å². The van der Waals surface area contributed by atoms with Crippen LogP contribution in [0.1, 0.15) is 21.3 Å². The van der Waals surface area contributed by atoms with Gasteiger partial charge < -0.3 is 0 Å². The minimum atomic E-state index is -0.906. The van der Waals surface area contributed by atoms with Crippen LogP contribution in [0.5, 0.6) is 0 Å². The van der Waals surface area contributed by atoms with Crippen LogP contribution in [0, 0.1) is 11.6 Å². The zero-order valence-electron chi connectivity index (χ0n) is 9.24. The molecular formula is C14H9ClF2O. The Morgan fingerprint density at radius 3 is 1.83 bits per heavy atom. The highest BCUT2D eigenvalue weighted by Crippen LogP contribution is 2.25. The molecule has 0 aliphatic carbocycles. The molecule has 1 nitrogen and oxygen atoms in total. The first-order chi connectivity index (χ1) is 8.58. The van der Waals surface area contributed by atoms with Crippen molar-refractivity contribution in [2.45, 2.75) is 5.38 Å². The molecule has 0 fully saturated rings. The molecule has 4 heteroatoms. The van der Waals surface area contributed by atoms with E-state index in [9.17, 15) is 13.6 Å². The van der Waals surface area contributed by atoms with Gasteiger partial charge in [-0.25, -0.2) is 8.78 Å². The Balaban J connectivity index is 2.23. The number of carbonyl (C=O) groups excluding carboxylic acids is 1. The summed E-state index contributed by atoms with van der Waals surface area (Å²) < 4.78 is 25.5. The summed E-state index contributed by atoms with van der Waals surface area (Å²) in [5.41, 5.74) is 0.827. The second-order valence-corrected chi connectivity index (χ2v) is 4.22. The zero-order valence-corrected chi connectivity index (χ0v) is 9.99. The summed E-state index contributed by atoms with van der Waals surface area (Å²) >= 11 is 6.02. The third-order valence-electron chi connectivity index (χ3n) is 2.52. The predicted octanol–water partition coefficient (Wildman–Crippen LogP) is 4.13. The van der Waals surface area contributed by atoms with E-state index in [0.29, 0.717) is 11.1 Å². The highest BCUT2D eigenvalue weighted by atomic mass is 35.5. The number of alkyl halides is 1. The number of carbonyl (C=O) groups is 1. The van der Waals surface area contributed by atoms with Crippen LogP contribution in [0.3, 0.4) is 0 Å². The molecule has 0 aromatic heterocycles. The molecule has 1 unspecified atom stereocenters. The van der Waals surface area contributed by atoms with Gasteiger partial charge in [0.25, 0.3) is 0 Å². The van der Waals surface area contributed by atoms with Crippen LogP contribution in [-0.4, -0.2) is 5.78 Å². The first kappa shape index (κ1) is 12.7. The molecule has 2 aromatic rings. The van der Waals surface area contributed by atoms with Gasteiger partial charge in [-0.1, -0.05) is 12.1 Å². The maximum atomic E-state index is 12.7. The SMILES string of the molecule is O=C(c1ccc(F)cc1)C(Cl)c1ccc(F)cc1. The van der Waals surface area contributed by atoms with Crippen molar-refractivity contribution >= 4 is 17.4 Å². The highest BCUT2D eigenvalue weighted by Gasteiger charge is 2.19. The predicted molar refractivity (Wildman–Crippen MR) is 65.7 cm³/mol. The first-order valence-corrected chi connectivity index (χ1v) is 5.71. The summed E-state index contributed by atoms with van der Waals surface area (Å²) in [6.07, 6.45) is 0. The van der Waals surface area contributed by atoms with Crippen LogP contribution < -0.4 is 0 Å². The minimum absolute atomic E-state index is 0.320. The molecule has 0 N–H and O–H groups in total. The topological polar surface area (TPSA) is 17.1 Å². The average Bonchev–Trinajstić information content (AvgIpc) is 2.39. The molecule has 2 aromatic carbocycles. The lowest BCUT2D eigenvalue weighted by Gasteiger charge is -2.08. The second kappa shape index (κ2) is 5.27. The maximum Gasteiger partial charge on any atom is 0.185 e. The lowest BCUT2D eigenvalue weighted by molar-refractivity contribution is 0.0987. The van der Waals surface area contributed by atoms with E-state index in [-0.39, 0.29) is 5.78 Å². The van der Waals surface area contributed by atoms with Gasteiger partial charge >= 0.3 is 0 Å². The van der Waals surface area contributed by atoms with Crippen molar-refractivity contribution in [3.05, 3.63) is 71.3 Å². The van der Waals surface area contributed by atoms with Crippen molar-refractivity contribution < 1.29 is 13.6 Å². The minimum Gasteiger partial charge on any atom is -0.292 e. The van der Waals surface area contributed by atoms with Gasteiger partial charge in [0, 0.05) is 5.56 Å². The van der Waals surface area contributed by atoms with Gasteiger partial charge in [-0.3, -0.25) is 4.79 Å². The Morgan fingerprint density at radius 1 is 0.889 bits per heavy atom. The Kier molecular flexibility index (Phi) is 3.72. The summed E-state index contributed by atoms with van der Waals surface area (Å²) in [4.78, 5) is 12.0. The van der Waals surface area contributed by atoms with E-state index in [1.807, 2.05) is 0 Å². The molecule has 0 bridgehead atoms. The fourth-order valence-corrected chi connectivity index (χ4v) is 1.82. The molecule has 0 heterocycles. The quantitative estimate of drug-likeness (QED) is 0.603. The Hall–Kier alpha value is -1.74. The summed E-state index contributed by atoms with van der Waals surface area (Å²) in [5, 5.41) is -0.906. The van der Waals surface area contributed by atoms with Crippen molar-refractivity contribution in [2.75, 3.05) is 0 Å². The van der Waals surface area contributed by atoms with E-state index < -0.39 is 17.0 Å². The lowest BCUT2D eigenvalue weighted by Crippen LogP contribution is -2.07. The number of hydrogen-bond acceptors (Lipinski definition) is 1. The van der Waals surface area contributed by atoms with E-state index >= 15 is 0 Å². The van der Waals surface area contributed by atoms with Crippen molar-refractivity contribution in [3.63, 3.8) is 0 Å². The number of rotatable bonds is 3. The van der Waals surface area contributed by atoms with Gasteiger partial charge in [0.15, 0.2) is 5.78 Å². The summed E-state index contributed by atoms with van der Waals surface area (Å²) in [6.45, 7) is 0. The molecule has 0 saturated heterocycles. The number of Topliss-reactive ketones (excluding diaryl/α,β-unsaturated/α-hetero) is 1. The van der Waals surface area contributed by atoms with Gasteiger partial charge in [-0.05, 0) is 42.0 Å². The third kappa shape index (κ3) is 2.74. The summed E-state index contributed by atoms with van der Waals surface area (Å²) in [5.74, 6) is -1.15. The Morgan fingerprint density at radius 2 is 1.33 bits per heavy atom. The van der Waals surface area contributed by atoms with Crippen molar-refractivity contribution in [1.82, 2.24) is 0 Å². The van der Waals surface area contributed by atoms with E-state index in [4.69, 9.17) is 11.6 Å². The van der Waals surface area contributed by atoms with E-state index in [0.717, 1.165) is 0 Å². The molecule has 1 atom stereocenters. The monoisotopic (exact) mass is 266 g/mol. The van der Waals surface area contributed by atoms with Gasteiger partial charge in [-0.2, -0.15) is 0 Å². The van der Waals surface area contributed by atoms with Crippen LogP contribution in [0.4, 0.5) is 8.78 Å². The Bertz CT molecular complexity index is 549. The fourth-order valence-electron chi connectivity index (χ4n) is 1.54. The van der Waals surface area contributed by atoms with Gasteiger partial charge in [0.2, 0.25) is 0 Å². The smallest absolute Gasteiger partial charge is 0.185 e. The first-order valence-electron chi connectivity index (χ1n) is 5.27. The van der Waals surface area contributed by atoms with Gasteiger partial charge in [0.1, 0.15) is 17.0 Å². The molecule has 0 spiro atoms. The van der Waals surface area contributed by atoms with Crippen molar-refractivity contribution in [2.24, 2.45) is 0 Å². The van der Waals surface area contributed by atoms with Gasteiger partial charge in [-0.15, -0.1) is 11.6 Å². The van der Waals surface area contributed by atoms with E-state index in [1.54, 1.807) is 0 Å². The number of benzene rings is 2. The highest BCUT2D eigenvalue weighted by molar-refractivity contribution is 6.33. The molecule has 0 aliphatic heterocycles. The fraction of sp³-hybridized carbons (Fsp3) is 0.0714. The summed E-state index contributed by atoms with van der Waals surface area (Å²) in [7, 11) is 0. The normalized spacial score (nSPS) is 12.2. The molecule has 0 amide bonds. The van der Waals surface area contributed by atoms with Gasteiger partial charge in [0.05, 0.1) is 0 Å². The average molecular weight is 267 g/mol. The third-order valence-corrected chi connectivity index (χ3v) is 2.97. The largest absolute Gasteiger partial charge is 0.292 e. The molecular weight excluding hydrogens is 258 g/mol. The number of ketones is 1. The lowest BCUT2D eigenvalue weighted by atomic mass is 10.0. The molecule has 0 radical (unpaired) electrons. The van der Waals surface area contributed by atoms with Crippen molar-refractivity contribution in [1.29, 1.82) is 0 Å². The maximum absolute atomic E-state index is 12.7. The standard InChI is InChI=1S/C14H9ClF2O/c15-13(9-1-5-11(16)6-2-9)14(18)10-3-7-12(17)8-4-10/h1-8,13H. The summed E-state index contributed by atoms with van der Waals surface area (Å²) in [6, 6.07) is 10.5. The number of halogens is 3. The van der Waals surface area contributed by atoms with Crippen LogP contribution in [0.2, 0.25) is 0 Å². The van der Waals surface area contributed by atoms with Crippen LogP contribution in [0.15, 0.2) is 48.5 Å². The second-order valence-electron chi connectivity index (χ2n) is 3.79. The Labute approximate surface area is 108 Å². The molecule has 0 aliphatic rings. The van der Waals surface area contributed by atoms with E-state index in [2.05, 4.69) is 0 Å². The van der Waals surface area contributed by atoms with Crippen LogP contribution in [-0.2, 0) is 0 Å².